The van der Waals surface area contributed by atoms with E-state index in [9.17, 15) is 19.8 Å². The first-order chi connectivity index (χ1) is 8.99. The predicted octanol–water partition coefficient (Wildman–Crippen LogP) is 0.411. The van der Waals surface area contributed by atoms with E-state index in [1.807, 2.05) is 0 Å². The molecule has 110 valence electrons. The average molecular weight is 274 g/mol. The molecule has 6 nitrogen and oxygen atoms in total. The predicted molar refractivity (Wildman–Crippen MR) is 66.3 cm³/mol. The number of esters is 1. The van der Waals surface area contributed by atoms with Crippen molar-refractivity contribution in [2.45, 2.75) is 32.6 Å². The highest BCUT2D eigenvalue weighted by molar-refractivity contribution is 5.81. The van der Waals surface area contributed by atoms with E-state index >= 15 is 0 Å². The quantitative estimate of drug-likeness (QED) is 0.581. The SMILES string of the molecule is CCC(CO)(CO)COC(=O)C1CCCC1C(=O)O. The highest BCUT2D eigenvalue weighted by Gasteiger charge is 2.40. The Balaban J connectivity index is 2.57. The molecule has 6 heteroatoms. The second-order valence-corrected chi connectivity index (χ2v) is 5.26. The lowest BCUT2D eigenvalue weighted by atomic mass is 9.88. The Bertz CT molecular complexity index is 315. The lowest BCUT2D eigenvalue weighted by Gasteiger charge is -2.28. The van der Waals surface area contributed by atoms with E-state index in [4.69, 9.17) is 9.84 Å². The van der Waals surface area contributed by atoms with Crippen molar-refractivity contribution in [1.29, 1.82) is 0 Å². The van der Waals surface area contributed by atoms with Gasteiger partial charge in [-0.2, -0.15) is 0 Å². The van der Waals surface area contributed by atoms with E-state index in [0.29, 0.717) is 25.7 Å². The van der Waals surface area contributed by atoms with Crippen LogP contribution in [0, 0.1) is 17.3 Å². The molecule has 0 heterocycles. The van der Waals surface area contributed by atoms with Gasteiger partial charge in [-0.25, -0.2) is 0 Å². The number of carbonyl (C=O) groups is 2. The van der Waals surface area contributed by atoms with Gasteiger partial charge in [0, 0.05) is 0 Å². The first kappa shape index (κ1) is 15.9. The van der Waals surface area contributed by atoms with Crippen molar-refractivity contribution < 1.29 is 29.6 Å². The highest BCUT2D eigenvalue weighted by Crippen LogP contribution is 2.33. The number of carboxylic acid groups (broad SMARTS) is 1. The lowest BCUT2D eigenvalue weighted by Crippen LogP contribution is -2.37. The van der Waals surface area contributed by atoms with Gasteiger partial charge in [-0.3, -0.25) is 9.59 Å². The van der Waals surface area contributed by atoms with Crippen LogP contribution in [-0.2, 0) is 14.3 Å². The summed E-state index contributed by atoms with van der Waals surface area (Å²) in [6, 6.07) is 0. The van der Waals surface area contributed by atoms with Crippen molar-refractivity contribution in [3.63, 3.8) is 0 Å². The largest absolute Gasteiger partial charge is 0.481 e. The normalized spacial score (nSPS) is 23.3. The Morgan fingerprint density at radius 1 is 1.21 bits per heavy atom. The fourth-order valence-corrected chi connectivity index (χ4v) is 2.34. The van der Waals surface area contributed by atoms with Gasteiger partial charge in [0.15, 0.2) is 0 Å². The topological polar surface area (TPSA) is 104 Å². The Labute approximate surface area is 112 Å². The molecule has 0 amide bonds. The molecule has 2 unspecified atom stereocenters. The van der Waals surface area contributed by atoms with Crippen LogP contribution in [0.4, 0.5) is 0 Å². The molecule has 1 saturated carbocycles. The summed E-state index contributed by atoms with van der Waals surface area (Å²) in [5, 5.41) is 27.5. The summed E-state index contributed by atoms with van der Waals surface area (Å²) >= 11 is 0. The molecular formula is C13H22O6. The Hall–Kier alpha value is -1.14. The first-order valence-corrected chi connectivity index (χ1v) is 6.61. The molecule has 1 fully saturated rings. The fourth-order valence-electron chi connectivity index (χ4n) is 2.34. The second kappa shape index (κ2) is 6.86. The van der Waals surface area contributed by atoms with Gasteiger partial charge in [0.05, 0.1) is 30.5 Å². The number of carboxylic acids is 1. The Morgan fingerprint density at radius 3 is 2.26 bits per heavy atom. The number of carbonyl (C=O) groups excluding carboxylic acids is 1. The Kier molecular flexibility index (Phi) is 5.75. The molecule has 0 aliphatic heterocycles. The number of aliphatic carboxylic acids is 1. The standard InChI is InChI=1S/C13H22O6/c1-2-13(6-14,7-15)8-19-12(18)10-5-3-4-9(10)11(16)17/h9-10,14-15H,2-8H2,1H3,(H,16,17). The van der Waals surface area contributed by atoms with Crippen LogP contribution in [0.2, 0.25) is 0 Å². The van der Waals surface area contributed by atoms with Crippen molar-refractivity contribution in [2.24, 2.45) is 17.3 Å². The lowest BCUT2D eigenvalue weighted by molar-refractivity contribution is -0.160. The zero-order valence-corrected chi connectivity index (χ0v) is 11.2. The smallest absolute Gasteiger partial charge is 0.309 e. The van der Waals surface area contributed by atoms with Gasteiger partial charge < -0.3 is 20.1 Å². The maximum Gasteiger partial charge on any atom is 0.309 e. The minimum Gasteiger partial charge on any atom is -0.481 e. The maximum absolute atomic E-state index is 11.9. The molecule has 0 aromatic rings. The molecule has 1 aliphatic carbocycles. The molecule has 0 bridgehead atoms. The number of ether oxygens (including phenoxy) is 1. The monoisotopic (exact) mass is 274 g/mol. The van der Waals surface area contributed by atoms with E-state index in [0.717, 1.165) is 0 Å². The number of aliphatic hydroxyl groups excluding tert-OH is 2. The van der Waals surface area contributed by atoms with Gasteiger partial charge in [0.1, 0.15) is 6.61 Å². The summed E-state index contributed by atoms with van der Waals surface area (Å²) in [7, 11) is 0. The molecule has 0 aromatic heterocycles. The van der Waals surface area contributed by atoms with Crippen LogP contribution in [0.3, 0.4) is 0 Å². The first-order valence-electron chi connectivity index (χ1n) is 6.61. The molecule has 2 atom stereocenters. The number of hydrogen-bond acceptors (Lipinski definition) is 5. The summed E-state index contributed by atoms with van der Waals surface area (Å²) in [4.78, 5) is 22.9. The van der Waals surface area contributed by atoms with Crippen LogP contribution in [0.25, 0.3) is 0 Å². The van der Waals surface area contributed by atoms with E-state index in [1.54, 1.807) is 6.92 Å². The molecule has 19 heavy (non-hydrogen) atoms. The summed E-state index contributed by atoms with van der Waals surface area (Å²) in [6.07, 6.45) is 2.19. The third kappa shape index (κ3) is 3.67. The Morgan fingerprint density at radius 2 is 1.79 bits per heavy atom. The van der Waals surface area contributed by atoms with Crippen LogP contribution in [0.1, 0.15) is 32.6 Å². The molecule has 1 rings (SSSR count). The van der Waals surface area contributed by atoms with Crippen molar-refractivity contribution in [2.75, 3.05) is 19.8 Å². The van der Waals surface area contributed by atoms with Gasteiger partial charge in [0.25, 0.3) is 0 Å². The molecule has 0 saturated heterocycles. The number of hydrogen-bond donors (Lipinski definition) is 3. The minimum atomic E-state index is -0.967. The van der Waals surface area contributed by atoms with Gasteiger partial charge in [-0.1, -0.05) is 13.3 Å². The van der Waals surface area contributed by atoms with Crippen LogP contribution >= 0.6 is 0 Å². The van der Waals surface area contributed by atoms with Crippen LogP contribution in [-0.4, -0.2) is 47.1 Å². The second-order valence-electron chi connectivity index (χ2n) is 5.26. The molecule has 0 spiro atoms. The van der Waals surface area contributed by atoms with E-state index in [-0.39, 0.29) is 19.8 Å². The van der Waals surface area contributed by atoms with Crippen molar-refractivity contribution >= 4 is 11.9 Å². The molecule has 1 aliphatic rings. The van der Waals surface area contributed by atoms with Crippen LogP contribution in [0.5, 0.6) is 0 Å². The third-order valence-corrected chi connectivity index (χ3v) is 4.08. The summed E-state index contributed by atoms with van der Waals surface area (Å²) < 4.78 is 5.12. The molecular weight excluding hydrogens is 252 g/mol. The summed E-state index contributed by atoms with van der Waals surface area (Å²) in [6.45, 7) is 1.15. The van der Waals surface area contributed by atoms with Gasteiger partial charge in [0.2, 0.25) is 0 Å². The number of aliphatic hydroxyl groups is 2. The van der Waals surface area contributed by atoms with Crippen molar-refractivity contribution in [1.82, 2.24) is 0 Å². The van der Waals surface area contributed by atoms with E-state index < -0.39 is 29.2 Å². The maximum atomic E-state index is 11.9. The van der Waals surface area contributed by atoms with E-state index in [1.165, 1.54) is 0 Å². The molecule has 0 radical (unpaired) electrons. The third-order valence-electron chi connectivity index (χ3n) is 4.08. The molecule has 3 N–H and O–H groups in total. The van der Waals surface area contributed by atoms with Gasteiger partial charge in [-0.15, -0.1) is 0 Å². The summed E-state index contributed by atoms with van der Waals surface area (Å²) in [5.74, 6) is -2.79. The van der Waals surface area contributed by atoms with Crippen LogP contribution in [0.15, 0.2) is 0 Å². The average Bonchev–Trinajstić information content (AvgIpc) is 2.90. The van der Waals surface area contributed by atoms with Crippen molar-refractivity contribution in [3.05, 3.63) is 0 Å². The number of rotatable bonds is 7. The zero-order chi connectivity index (χ0) is 14.5. The zero-order valence-electron chi connectivity index (χ0n) is 11.2. The minimum absolute atomic E-state index is 0.0851. The van der Waals surface area contributed by atoms with Gasteiger partial charge in [-0.05, 0) is 19.3 Å². The van der Waals surface area contributed by atoms with Gasteiger partial charge >= 0.3 is 11.9 Å². The molecule has 0 aromatic carbocycles. The summed E-state index contributed by atoms with van der Waals surface area (Å²) in [5.41, 5.74) is -0.840. The highest BCUT2D eigenvalue weighted by atomic mass is 16.5. The van der Waals surface area contributed by atoms with E-state index in [2.05, 4.69) is 0 Å². The fraction of sp³-hybridized carbons (Fsp3) is 0.846. The van der Waals surface area contributed by atoms with Crippen molar-refractivity contribution in [3.8, 4) is 0 Å². The van der Waals surface area contributed by atoms with Crippen LogP contribution < -0.4 is 0 Å².